The Morgan fingerprint density at radius 2 is 1.92 bits per heavy atom. The summed E-state index contributed by atoms with van der Waals surface area (Å²) in [6.45, 7) is 1.86. The Balaban J connectivity index is 1.56. The summed E-state index contributed by atoms with van der Waals surface area (Å²) < 4.78 is 7.83. The zero-order valence-electron chi connectivity index (χ0n) is 13.1. The first-order chi connectivity index (χ1) is 11.8. The van der Waals surface area contributed by atoms with Crippen molar-refractivity contribution in [3.05, 3.63) is 60.7 Å². The molecule has 0 aliphatic carbocycles. The monoisotopic (exact) mass is 319 g/mol. The minimum Gasteiger partial charge on any atom is -0.382 e. The number of nitrogens with two attached hydrogens (primary N) is 1. The fourth-order valence-electron chi connectivity index (χ4n) is 2.81. The van der Waals surface area contributed by atoms with E-state index in [1.54, 1.807) is 18.7 Å². The van der Waals surface area contributed by atoms with Gasteiger partial charge in [-0.15, -0.1) is 0 Å². The largest absolute Gasteiger partial charge is 0.382 e. The van der Waals surface area contributed by atoms with E-state index in [9.17, 15) is 0 Å². The highest BCUT2D eigenvalue weighted by molar-refractivity contribution is 6.06. The second-order valence-electron chi connectivity index (χ2n) is 5.56. The molecular weight excluding hydrogens is 302 g/mol. The van der Waals surface area contributed by atoms with E-state index < -0.39 is 0 Å². The van der Waals surface area contributed by atoms with Crippen LogP contribution in [0.2, 0.25) is 0 Å². The minimum atomic E-state index is 0.458. The van der Waals surface area contributed by atoms with Crippen molar-refractivity contribution in [2.24, 2.45) is 0 Å². The van der Waals surface area contributed by atoms with Gasteiger partial charge in [0.2, 0.25) is 0 Å². The van der Waals surface area contributed by atoms with Crippen LogP contribution in [0.4, 0.5) is 5.82 Å². The predicted octanol–water partition coefficient (Wildman–Crippen LogP) is 2.78. The average molecular weight is 319 g/mol. The molecule has 0 atom stereocenters. The van der Waals surface area contributed by atoms with Crippen molar-refractivity contribution in [2.45, 2.75) is 13.2 Å². The molecule has 6 heteroatoms. The molecule has 0 aliphatic heterocycles. The Labute approximate surface area is 138 Å². The van der Waals surface area contributed by atoms with Crippen LogP contribution in [0.1, 0.15) is 5.56 Å². The minimum absolute atomic E-state index is 0.458. The van der Waals surface area contributed by atoms with Gasteiger partial charge in [-0.25, -0.2) is 9.97 Å². The van der Waals surface area contributed by atoms with Crippen molar-refractivity contribution >= 4 is 27.8 Å². The molecule has 0 radical (unpaired) electrons. The topological polar surface area (TPSA) is 78.8 Å². The molecule has 0 aliphatic rings. The predicted molar refractivity (Wildman–Crippen MR) is 93.3 cm³/mol. The molecule has 3 heterocycles. The van der Waals surface area contributed by atoms with E-state index in [4.69, 9.17) is 10.5 Å². The lowest BCUT2D eigenvalue weighted by Gasteiger charge is -2.08. The van der Waals surface area contributed by atoms with Crippen molar-refractivity contribution in [2.75, 3.05) is 12.3 Å². The fourth-order valence-corrected chi connectivity index (χ4v) is 2.81. The van der Waals surface area contributed by atoms with Gasteiger partial charge in [-0.05, 0) is 23.8 Å². The number of benzene rings is 1. The molecule has 0 spiro atoms. The van der Waals surface area contributed by atoms with Gasteiger partial charge in [0.05, 0.1) is 30.6 Å². The smallest absolute Gasteiger partial charge is 0.152 e. The van der Waals surface area contributed by atoms with E-state index in [1.165, 1.54) is 0 Å². The molecule has 6 nitrogen and oxygen atoms in total. The van der Waals surface area contributed by atoms with Crippen molar-refractivity contribution < 1.29 is 4.74 Å². The number of fused-ring (bicyclic) bond motifs is 3. The zero-order chi connectivity index (χ0) is 16.4. The molecular formula is C18H17N5O. The van der Waals surface area contributed by atoms with E-state index in [0.717, 1.165) is 27.5 Å². The van der Waals surface area contributed by atoms with Crippen LogP contribution in [0, 0.1) is 0 Å². The van der Waals surface area contributed by atoms with Gasteiger partial charge in [-0.3, -0.25) is 4.98 Å². The van der Waals surface area contributed by atoms with Gasteiger partial charge >= 0.3 is 0 Å². The quantitative estimate of drug-likeness (QED) is 0.572. The van der Waals surface area contributed by atoms with Gasteiger partial charge in [-0.2, -0.15) is 0 Å². The summed E-state index contributed by atoms with van der Waals surface area (Å²) in [7, 11) is 0. The molecule has 1 aromatic carbocycles. The maximum absolute atomic E-state index is 6.04. The third kappa shape index (κ3) is 2.68. The van der Waals surface area contributed by atoms with E-state index in [2.05, 4.69) is 19.5 Å². The van der Waals surface area contributed by atoms with E-state index >= 15 is 0 Å². The molecule has 0 fully saturated rings. The number of nitrogen functional groups attached to an aromatic ring is 1. The number of anilines is 1. The molecule has 0 saturated carbocycles. The Bertz CT molecular complexity index is 981. The van der Waals surface area contributed by atoms with Crippen LogP contribution in [-0.4, -0.2) is 26.1 Å². The number of aromatic nitrogens is 4. The molecule has 3 aromatic heterocycles. The summed E-state index contributed by atoms with van der Waals surface area (Å²) in [6.07, 6.45) is 5.33. The van der Waals surface area contributed by atoms with Gasteiger partial charge in [0.25, 0.3) is 0 Å². The van der Waals surface area contributed by atoms with Gasteiger partial charge in [0.1, 0.15) is 5.52 Å². The Kier molecular flexibility index (Phi) is 3.80. The summed E-state index contributed by atoms with van der Waals surface area (Å²) in [4.78, 5) is 12.8. The molecule has 0 bridgehead atoms. The molecule has 4 rings (SSSR count). The lowest BCUT2D eigenvalue weighted by Crippen LogP contribution is -2.05. The first-order valence-electron chi connectivity index (χ1n) is 7.78. The molecule has 24 heavy (non-hydrogen) atoms. The van der Waals surface area contributed by atoms with Crippen LogP contribution in [0.3, 0.4) is 0 Å². The summed E-state index contributed by atoms with van der Waals surface area (Å²) in [5.41, 5.74) is 9.77. The Morgan fingerprint density at radius 1 is 1.08 bits per heavy atom. The number of para-hydroxylation sites is 1. The molecule has 2 N–H and O–H groups in total. The van der Waals surface area contributed by atoms with Gasteiger partial charge < -0.3 is 15.0 Å². The summed E-state index contributed by atoms with van der Waals surface area (Å²) in [5, 5.41) is 1.05. The number of hydrogen-bond acceptors (Lipinski definition) is 5. The lowest BCUT2D eigenvalue weighted by atomic mass is 10.2. The number of nitrogens with zero attached hydrogens (tertiary/aromatic N) is 4. The second kappa shape index (κ2) is 6.25. The number of pyridine rings is 2. The van der Waals surface area contributed by atoms with Crippen molar-refractivity contribution in [1.82, 2.24) is 19.5 Å². The molecule has 0 unspecified atom stereocenters. The van der Waals surface area contributed by atoms with Crippen molar-refractivity contribution in [3.63, 3.8) is 0 Å². The molecule has 120 valence electrons. The summed E-state index contributed by atoms with van der Waals surface area (Å²) >= 11 is 0. The normalized spacial score (nSPS) is 11.3. The second-order valence-corrected chi connectivity index (χ2v) is 5.56. The summed E-state index contributed by atoms with van der Waals surface area (Å²) in [6, 6.07) is 11.9. The number of ether oxygens (including phenoxy) is 1. The standard InChI is InChI=1S/C18H17N5O/c19-18-16-17(14-3-1-2-4-15(14)22-18)23(12-21-16)9-10-24-11-13-5-7-20-8-6-13/h1-8,12H,9-11H2,(H2,19,22). The highest BCUT2D eigenvalue weighted by Crippen LogP contribution is 2.26. The van der Waals surface area contributed by atoms with Crippen LogP contribution in [0.5, 0.6) is 0 Å². The zero-order valence-corrected chi connectivity index (χ0v) is 13.1. The van der Waals surface area contributed by atoms with Gasteiger partial charge in [-0.1, -0.05) is 18.2 Å². The molecule has 0 saturated heterocycles. The van der Waals surface area contributed by atoms with Gasteiger partial charge in [0, 0.05) is 24.3 Å². The Morgan fingerprint density at radius 3 is 2.79 bits per heavy atom. The van der Waals surface area contributed by atoms with Gasteiger partial charge in [0.15, 0.2) is 5.82 Å². The van der Waals surface area contributed by atoms with Crippen molar-refractivity contribution in [3.8, 4) is 0 Å². The third-order valence-electron chi connectivity index (χ3n) is 3.98. The Hall–Kier alpha value is -2.99. The van der Waals surface area contributed by atoms with E-state index in [1.807, 2.05) is 36.4 Å². The van der Waals surface area contributed by atoms with Crippen molar-refractivity contribution in [1.29, 1.82) is 0 Å². The van der Waals surface area contributed by atoms with Crippen LogP contribution < -0.4 is 5.73 Å². The van der Waals surface area contributed by atoms with Crippen LogP contribution in [0.15, 0.2) is 55.1 Å². The van der Waals surface area contributed by atoms with Crippen LogP contribution in [-0.2, 0) is 17.9 Å². The first kappa shape index (κ1) is 14.6. The van der Waals surface area contributed by atoms with Crippen LogP contribution in [0.25, 0.3) is 21.9 Å². The lowest BCUT2D eigenvalue weighted by molar-refractivity contribution is 0.114. The maximum atomic E-state index is 6.04. The third-order valence-corrected chi connectivity index (χ3v) is 3.98. The fraction of sp³-hybridized carbons (Fsp3) is 0.167. The number of rotatable bonds is 5. The molecule has 4 aromatic rings. The van der Waals surface area contributed by atoms with E-state index in [-0.39, 0.29) is 0 Å². The SMILES string of the molecule is Nc1nc2ccccc2c2c1ncn2CCOCc1ccncc1. The van der Waals surface area contributed by atoms with E-state index in [0.29, 0.717) is 25.6 Å². The highest BCUT2D eigenvalue weighted by atomic mass is 16.5. The maximum Gasteiger partial charge on any atom is 0.152 e. The number of imidazole rings is 1. The summed E-state index contributed by atoms with van der Waals surface area (Å²) in [5.74, 6) is 0.458. The molecule has 0 amide bonds. The highest BCUT2D eigenvalue weighted by Gasteiger charge is 2.11. The van der Waals surface area contributed by atoms with Crippen LogP contribution >= 0.6 is 0 Å². The number of hydrogen-bond donors (Lipinski definition) is 1. The first-order valence-corrected chi connectivity index (χ1v) is 7.78. The average Bonchev–Trinajstić information content (AvgIpc) is 3.05.